The molecule has 94 valence electrons. The predicted molar refractivity (Wildman–Crippen MR) is 66.6 cm³/mol. The molecule has 0 amide bonds. The Labute approximate surface area is 99.5 Å². The highest BCUT2D eigenvalue weighted by Crippen LogP contribution is 2.20. The quantitative estimate of drug-likeness (QED) is 0.786. The highest BCUT2D eigenvalue weighted by Gasteiger charge is 2.27. The molecule has 3 nitrogen and oxygen atoms in total. The van der Waals surface area contributed by atoms with Crippen molar-refractivity contribution in [2.75, 3.05) is 39.4 Å². The third-order valence-corrected chi connectivity index (χ3v) is 4.00. The first kappa shape index (κ1) is 12.3. The van der Waals surface area contributed by atoms with Crippen LogP contribution in [0.3, 0.4) is 0 Å². The lowest BCUT2D eigenvalue weighted by molar-refractivity contribution is 0.0344. The van der Waals surface area contributed by atoms with Crippen LogP contribution in [0.5, 0.6) is 0 Å². The first-order chi connectivity index (χ1) is 7.77. The molecule has 2 saturated heterocycles. The molecule has 2 aliphatic heterocycles. The average Bonchev–Trinajstić information content (AvgIpc) is 2.31. The van der Waals surface area contributed by atoms with Crippen LogP contribution in [-0.2, 0) is 4.74 Å². The van der Waals surface area contributed by atoms with Crippen molar-refractivity contribution in [3.8, 4) is 0 Å². The summed E-state index contributed by atoms with van der Waals surface area (Å²) in [4.78, 5) is 2.71. The van der Waals surface area contributed by atoms with Crippen LogP contribution in [0.1, 0.15) is 26.7 Å². The molecule has 0 aromatic carbocycles. The van der Waals surface area contributed by atoms with Crippen molar-refractivity contribution < 1.29 is 4.74 Å². The first-order valence-corrected chi connectivity index (χ1v) is 6.80. The van der Waals surface area contributed by atoms with Crippen LogP contribution < -0.4 is 5.32 Å². The molecule has 0 spiro atoms. The van der Waals surface area contributed by atoms with Crippen LogP contribution >= 0.6 is 0 Å². The van der Waals surface area contributed by atoms with Crippen molar-refractivity contribution in [2.45, 2.75) is 32.7 Å². The summed E-state index contributed by atoms with van der Waals surface area (Å²) in [5.74, 6) is 1.63. The number of nitrogens with zero attached hydrogens (tertiary/aromatic N) is 1. The van der Waals surface area contributed by atoms with E-state index in [-0.39, 0.29) is 0 Å². The molecular formula is C13H26N2O. The lowest BCUT2D eigenvalue weighted by atomic mass is 9.95. The minimum absolute atomic E-state index is 0.733. The maximum Gasteiger partial charge on any atom is 0.0469 e. The van der Waals surface area contributed by atoms with Gasteiger partial charge in [0.2, 0.25) is 0 Å². The average molecular weight is 226 g/mol. The predicted octanol–water partition coefficient (Wildman–Crippen LogP) is 1.34. The van der Waals surface area contributed by atoms with Gasteiger partial charge in [-0.3, -0.25) is 4.90 Å². The van der Waals surface area contributed by atoms with Gasteiger partial charge < -0.3 is 10.1 Å². The summed E-state index contributed by atoms with van der Waals surface area (Å²) in [7, 11) is 0. The van der Waals surface area contributed by atoms with Gasteiger partial charge in [-0.05, 0) is 24.7 Å². The molecule has 0 saturated carbocycles. The molecular weight excluding hydrogens is 200 g/mol. The SMILES string of the molecule is CC(C)C1CNCCN1CC1CCOCC1. The molecule has 1 atom stereocenters. The fourth-order valence-corrected chi connectivity index (χ4v) is 2.91. The number of piperazine rings is 1. The van der Waals surface area contributed by atoms with E-state index in [1.807, 2.05) is 0 Å². The van der Waals surface area contributed by atoms with Crippen LogP contribution in [0.15, 0.2) is 0 Å². The van der Waals surface area contributed by atoms with E-state index in [4.69, 9.17) is 4.74 Å². The fourth-order valence-electron chi connectivity index (χ4n) is 2.91. The third-order valence-electron chi connectivity index (χ3n) is 4.00. The molecule has 2 fully saturated rings. The highest BCUT2D eigenvalue weighted by molar-refractivity contribution is 4.83. The Morgan fingerprint density at radius 1 is 1.31 bits per heavy atom. The van der Waals surface area contributed by atoms with E-state index in [1.54, 1.807) is 0 Å². The maximum atomic E-state index is 5.43. The molecule has 1 N–H and O–H groups in total. The van der Waals surface area contributed by atoms with Gasteiger partial charge in [0.15, 0.2) is 0 Å². The molecule has 0 bridgehead atoms. The van der Waals surface area contributed by atoms with Crippen molar-refractivity contribution in [3.63, 3.8) is 0 Å². The van der Waals surface area contributed by atoms with Crippen LogP contribution in [0, 0.1) is 11.8 Å². The van der Waals surface area contributed by atoms with Gasteiger partial charge in [0, 0.05) is 45.4 Å². The van der Waals surface area contributed by atoms with Crippen molar-refractivity contribution in [3.05, 3.63) is 0 Å². The van der Waals surface area contributed by atoms with Gasteiger partial charge in [-0.25, -0.2) is 0 Å². The summed E-state index contributed by atoms with van der Waals surface area (Å²) in [6.45, 7) is 11.5. The van der Waals surface area contributed by atoms with E-state index in [1.165, 1.54) is 32.5 Å². The number of hydrogen-bond acceptors (Lipinski definition) is 3. The second kappa shape index (κ2) is 5.99. The zero-order valence-electron chi connectivity index (χ0n) is 10.7. The Balaban J connectivity index is 1.85. The van der Waals surface area contributed by atoms with E-state index in [0.717, 1.165) is 37.6 Å². The lowest BCUT2D eigenvalue weighted by Gasteiger charge is -2.41. The largest absolute Gasteiger partial charge is 0.381 e. The standard InChI is InChI=1S/C13H26N2O/c1-11(2)13-9-14-5-6-15(13)10-12-3-7-16-8-4-12/h11-14H,3-10H2,1-2H3. The van der Waals surface area contributed by atoms with E-state index in [9.17, 15) is 0 Å². The number of hydrogen-bond donors (Lipinski definition) is 1. The Kier molecular flexibility index (Phi) is 4.62. The number of nitrogens with one attached hydrogen (secondary N) is 1. The zero-order chi connectivity index (χ0) is 11.4. The number of rotatable bonds is 3. The molecule has 2 aliphatic rings. The van der Waals surface area contributed by atoms with Gasteiger partial charge in [-0.15, -0.1) is 0 Å². The van der Waals surface area contributed by atoms with Crippen LogP contribution in [0.4, 0.5) is 0 Å². The Hall–Kier alpha value is -0.120. The minimum atomic E-state index is 0.733. The van der Waals surface area contributed by atoms with Crippen LogP contribution in [-0.4, -0.2) is 50.3 Å². The highest BCUT2D eigenvalue weighted by atomic mass is 16.5. The van der Waals surface area contributed by atoms with Gasteiger partial charge in [-0.2, -0.15) is 0 Å². The van der Waals surface area contributed by atoms with Gasteiger partial charge in [-0.1, -0.05) is 13.8 Å². The third kappa shape index (κ3) is 3.19. The van der Waals surface area contributed by atoms with Crippen molar-refractivity contribution in [1.82, 2.24) is 10.2 Å². The molecule has 1 unspecified atom stereocenters. The summed E-state index contributed by atoms with van der Waals surface area (Å²) in [6, 6.07) is 0.733. The van der Waals surface area contributed by atoms with E-state index in [0.29, 0.717) is 0 Å². The normalized spacial score (nSPS) is 29.8. The van der Waals surface area contributed by atoms with E-state index < -0.39 is 0 Å². The Morgan fingerprint density at radius 2 is 2.06 bits per heavy atom. The zero-order valence-corrected chi connectivity index (χ0v) is 10.7. The fraction of sp³-hybridized carbons (Fsp3) is 1.00. The Morgan fingerprint density at radius 3 is 2.75 bits per heavy atom. The second-order valence-corrected chi connectivity index (χ2v) is 5.57. The second-order valence-electron chi connectivity index (χ2n) is 5.57. The summed E-state index contributed by atoms with van der Waals surface area (Å²) < 4.78 is 5.43. The molecule has 2 heterocycles. The van der Waals surface area contributed by atoms with Gasteiger partial charge in [0.05, 0.1) is 0 Å². The summed E-state index contributed by atoms with van der Waals surface area (Å²) >= 11 is 0. The lowest BCUT2D eigenvalue weighted by Crippen LogP contribution is -2.54. The molecule has 2 rings (SSSR count). The molecule has 0 aliphatic carbocycles. The molecule has 0 radical (unpaired) electrons. The molecule has 3 heteroatoms. The molecule has 0 aromatic heterocycles. The molecule has 16 heavy (non-hydrogen) atoms. The molecule has 0 aromatic rings. The minimum Gasteiger partial charge on any atom is -0.381 e. The van der Waals surface area contributed by atoms with E-state index in [2.05, 4.69) is 24.1 Å². The van der Waals surface area contributed by atoms with Crippen LogP contribution in [0.2, 0.25) is 0 Å². The topological polar surface area (TPSA) is 24.5 Å². The maximum absolute atomic E-state index is 5.43. The van der Waals surface area contributed by atoms with Crippen molar-refractivity contribution >= 4 is 0 Å². The van der Waals surface area contributed by atoms with Crippen LogP contribution in [0.25, 0.3) is 0 Å². The van der Waals surface area contributed by atoms with Gasteiger partial charge in [0.1, 0.15) is 0 Å². The van der Waals surface area contributed by atoms with Crippen molar-refractivity contribution in [2.24, 2.45) is 11.8 Å². The van der Waals surface area contributed by atoms with Gasteiger partial charge in [0.25, 0.3) is 0 Å². The summed E-state index contributed by atoms with van der Waals surface area (Å²) in [5.41, 5.74) is 0. The van der Waals surface area contributed by atoms with Crippen molar-refractivity contribution in [1.29, 1.82) is 0 Å². The monoisotopic (exact) mass is 226 g/mol. The Bertz CT molecular complexity index is 202. The summed E-state index contributed by atoms with van der Waals surface area (Å²) in [6.07, 6.45) is 2.52. The number of ether oxygens (including phenoxy) is 1. The van der Waals surface area contributed by atoms with E-state index >= 15 is 0 Å². The van der Waals surface area contributed by atoms with Gasteiger partial charge >= 0.3 is 0 Å². The smallest absolute Gasteiger partial charge is 0.0469 e. The summed E-state index contributed by atoms with van der Waals surface area (Å²) in [5, 5.41) is 3.52. The first-order valence-electron chi connectivity index (χ1n) is 6.80.